The third-order valence-electron chi connectivity index (χ3n) is 2.54. The number of furan rings is 1. The first kappa shape index (κ1) is 10.7. The molecule has 1 aromatic heterocycles. The molecule has 0 amide bonds. The molecule has 0 aromatic carbocycles. The molecule has 4 heteroatoms. The molecule has 1 aromatic rings. The summed E-state index contributed by atoms with van der Waals surface area (Å²) in [6.45, 7) is 3.79. The second kappa shape index (κ2) is 4.79. The number of ether oxygens (including phenoxy) is 2. The highest BCUT2D eigenvalue weighted by Crippen LogP contribution is 2.23. The van der Waals surface area contributed by atoms with Crippen LogP contribution in [0.2, 0.25) is 0 Å². The molecule has 1 aliphatic heterocycles. The normalized spacial score (nSPS) is 23.2. The Morgan fingerprint density at radius 1 is 1.60 bits per heavy atom. The lowest BCUT2D eigenvalue weighted by Crippen LogP contribution is -2.22. The summed E-state index contributed by atoms with van der Waals surface area (Å²) >= 11 is 0. The zero-order valence-corrected chi connectivity index (χ0v) is 8.94. The Labute approximate surface area is 89.3 Å². The maximum absolute atomic E-state index is 5.82. The average molecular weight is 211 g/mol. The van der Waals surface area contributed by atoms with Gasteiger partial charge in [0.15, 0.2) is 0 Å². The van der Waals surface area contributed by atoms with Crippen LogP contribution < -0.4 is 5.73 Å². The van der Waals surface area contributed by atoms with E-state index in [2.05, 4.69) is 0 Å². The van der Waals surface area contributed by atoms with Gasteiger partial charge in [-0.2, -0.15) is 0 Å². The maximum atomic E-state index is 5.82. The molecule has 84 valence electrons. The van der Waals surface area contributed by atoms with Gasteiger partial charge in [0.2, 0.25) is 0 Å². The SMILES string of the molecule is Cc1ccc(C(CN)OC2CCOC2)o1. The van der Waals surface area contributed by atoms with Crippen molar-refractivity contribution in [1.29, 1.82) is 0 Å². The summed E-state index contributed by atoms with van der Waals surface area (Å²) in [5, 5.41) is 0. The van der Waals surface area contributed by atoms with Crippen LogP contribution in [0.3, 0.4) is 0 Å². The van der Waals surface area contributed by atoms with Gasteiger partial charge in [-0.1, -0.05) is 0 Å². The lowest BCUT2D eigenvalue weighted by molar-refractivity contribution is -0.0225. The molecule has 0 bridgehead atoms. The fourth-order valence-corrected chi connectivity index (χ4v) is 1.72. The Morgan fingerprint density at radius 2 is 2.47 bits per heavy atom. The minimum Gasteiger partial charge on any atom is -0.464 e. The molecule has 0 spiro atoms. The third-order valence-corrected chi connectivity index (χ3v) is 2.54. The highest BCUT2D eigenvalue weighted by atomic mass is 16.6. The summed E-state index contributed by atoms with van der Waals surface area (Å²) in [6, 6.07) is 3.84. The van der Waals surface area contributed by atoms with Crippen molar-refractivity contribution < 1.29 is 13.9 Å². The number of rotatable bonds is 4. The summed E-state index contributed by atoms with van der Waals surface area (Å²) in [5.41, 5.74) is 5.67. The smallest absolute Gasteiger partial charge is 0.134 e. The molecule has 1 aliphatic rings. The van der Waals surface area contributed by atoms with E-state index in [1.54, 1.807) is 0 Å². The summed E-state index contributed by atoms with van der Waals surface area (Å²) in [7, 11) is 0. The van der Waals surface area contributed by atoms with Crippen molar-refractivity contribution in [2.75, 3.05) is 19.8 Å². The Morgan fingerprint density at radius 3 is 3.00 bits per heavy atom. The fourth-order valence-electron chi connectivity index (χ4n) is 1.72. The molecule has 1 saturated heterocycles. The van der Waals surface area contributed by atoms with E-state index < -0.39 is 0 Å². The van der Waals surface area contributed by atoms with Crippen molar-refractivity contribution >= 4 is 0 Å². The van der Waals surface area contributed by atoms with E-state index in [9.17, 15) is 0 Å². The molecule has 4 nitrogen and oxygen atoms in total. The molecular weight excluding hydrogens is 194 g/mol. The molecule has 15 heavy (non-hydrogen) atoms. The van der Waals surface area contributed by atoms with Crippen LogP contribution >= 0.6 is 0 Å². The van der Waals surface area contributed by atoms with E-state index in [4.69, 9.17) is 19.6 Å². The van der Waals surface area contributed by atoms with Gasteiger partial charge in [0.1, 0.15) is 17.6 Å². The zero-order chi connectivity index (χ0) is 10.7. The standard InChI is InChI=1S/C11H17NO3/c1-8-2-3-10(14-8)11(6-12)15-9-4-5-13-7-9/h2-3,9,11H,4-7,12H2,1H3. The van der Waals surface area contributed by atoms with Gasteiger partial charge in [-0.05, 0) is 25.5 Å². The van der Waals surface area contributed by atoms with E-state index in [1.165, 1.54) is 0 Å². The predicted octanol–water partition coefficient (Wildman–Crippen LogP) is 1.39. The molecule has 0 aliphatic carbocycles. The number of nitrogens with two attached hydrogens (primary N) is 1. The van der Waals surface area contributed by atoms with Gasteiger partial charge in [0.25, 0.3) is 0 Å². The topological polar surface area (TPSA) is 57.6 Å². The Hall–Kier alpha value is -0.840. The Balaban J connectivity index is 1.97. The molecule has 2 heterocycles. The van der Waals surface area contributed by atoms with Crippen LogP contribution in [0.4, 0.5) is 0 Å². The van der Waals surface area contributed by atoms with Crippen LogP contribution in [0.1, 0.15) is 24.0 Å². The van der Waals surface area contributed by atoms with Gasteiger partial charge in [-0.3, -0.25) is 0 Å². The lowest BCUT2D eigenvalue weighted by Gasteiger charge is -2.17. The molecule has 2 N–H and O–H groups in total. The zero-order valence-electron chi connectivity index (χ0n) is 8.94. The number of hydrogen-bond acceptors (Lipinski definition) is 4. The van der Waals surface area contributed by atoms with Gasteiger partial charge >= 0.3 is 0 Å². The molecule has 0 radical (unpaired) electrons. The van der Waals surface area contributed by atoms with Crippen molar-refractivity contribution in [1.82, 2.24) is 0 Å². The largest absolute Gasteiger partial charge is 0.464 e. The second-order valence-electron chi connectivity index (χ2n) is 3.79. The van der Waals surface area contributed by atoms with Gasteiger partial charge < -0.3 is 19.6 Å². The van der Waals surface area contributed by atoms with E-state index in [0.717, 1.165) is 24.5 Å². The van der Waals surface area contributed by atoms with Crippen LogP contribution in [0.5, 0.6) is 0 Å². The van der Waals surface area contributed by atoms with Crippen LogP contribution in [-0.4, -0.2) is 25.9 Å². The highest BCUT2D eigenvalue weighted by molar-refractivity contribution is 5.08. The van der Waals surface area contributed by atoms with Gasteiger partial charge in [-0.15, -0.1) is 0 Å². The van der Waals surface area contributed by atoms with Gasteiger partial charge in [0, 0.05) is 13.2 Å². The summed E-state index contributed by atoms with van der Waals surface area (Å²) < 4.78 is 16.6. The third kappa shape index (κ3) is 2.59. The molecule has 2 rings (SSSR count). The number of hydrogen-bond donors (Lipinski definition) is 1. The minimum atomic E-state index is -0.148. The van der Waals surface area contributed by atoms with Crippen LogP contribution in [0.25, 0.3) is 0 Å². The average Bonchev–Trinajstić information content (AvgIpc) is 2.85. The fraction of sp³-hybridized carbons (Fsp3) is 0.636. The van der Waals surface area contributed by atoms with Crippen LogP contribution in [0, 0.1) is 6.92 Å². The van der Waals surface area contributed by atoms with Crippen molar-refractivity contribution in [3.63, 3.8) is 0 Å². The minimum absolute atomic E-state index is 0.148. The summed E-state index contributed by atoms with van der Waals surface area (Å²) in [5.74, 6) is 1.69. The predicted molar refractivity (Wildman–Crippen MR) is 55.5 cm³/mol. The quantitative estimate of drug-likeness (QED) is 0.817. The number of aryl methyl sites for hydroxylation is 1. The van der Waals surface area contributed by atoms with E-state index in [0.29, 0.717) is 13.2 Å². The van der Waals surface area contributed by atoms with Crippen LogP contribution in [0.15, 0.2) is 16.5 Å². The monoisotopic (exact) mass is 211 g/mol. The first-order valence-electron chi connectivity index (χ1n) is 5.29. The molecular formula is C11H17NO3. The first-order valence-corrected chi connectivity index (χ1v) is 5.29. The first-order chi connectivity index (χ1) is 7.29. The maximum Gasteiger partial charge on any atom is 0.134 e. The molecule has 0 saturated carbocycles. The van der Waals surface area contributed by atoms with E-state index in [1.807, 2.05) is 19.1 Å². The lowest BCUT2D eigenvalue weighted by atomic mass is 10.2. The highest BCUT2D eigenvalue weighted by Gasteiger charge is 2.23. The van der Waals surface area contributed by atoms with Crippen molar-refractivity contribution in [2.24, 2.45) is 5.73 Å². The molecule has 2 atom stereocenters. The van der Waals surface area contributed by atoms with E-state index >= 15 is 0 Å². The molecule has 1 fully saturated rings. The van der Waals surface area contributed by atoms with Crippen LogP contribution in [-0.2, 0) is 9.47 Å². The van der Waals surface area contributed by atoms with Crippen molar-refractivity contribution in [3.05, 3.63) is 23.7 Å². The second-order valence-corrected chi connectivity index (χ2v) is 3.79. The Kier molecular flexibility index (Phi) is 3.41. The Bertz CT molecular complexity index is 305. The van der Waals surface area contributed by atoms with Crippen molar-refractivity contribution in [2.45, 2.75) is 25.6 Å². The summed E-state index contributed by atoms with van der Waals surface area (Å²) in [4.78, 5) is 0. The van der Waals surface area contributed by atoms with Crippen molar-refractivity contribution in [3.8, 4) is 0 Å². The summed E-state index contributed by atoms with van der Waals surface area (Å²) in [6.07, 6.45) is 0.949. The van der Waals surface area contributed by atoms with Gasteiger partial charge in [0.05, 0.1) is 12.7 Å². The van der Waals surface area contributed by atoms with Gasteiger partial charge in [-0.25, -0.2) is 0 Å². The molecule has 2 unspecified atom stereocenters. The van der Waals surface area contributed by atoms with E-state index in [-0.39, 0.29) is 12.2 Å².